The minimum absolute atomic E-state index is 0.160. The number of aliphatic carboxylic acids is 3. The number of nitrogens with zero attached hydrogens (tertiary/aromatic N) is 1. The van der Waals surface area contributed by atoms with E-state index in [2.05, 4.69) is 9.97 Å². The Bertz CT molecular complexity index is 1040. The van der Waals surface area contributed by atoms with Crippen LogP contribution in [0.1, 0.15) is 16.8 Å². The van der Waals surface area contributed by atoms with E-state index in [0.717, 1.165) is 16.8 Å². The van der Waals surface area contributed by atoms with Gasteiger partial charge in [0.1, 0.15) is 29.6 Å². The molecular weight excluding hydrogens is 486 g/mol. The molecule has 3 rings (SSSR count). The Hall–Kier alpha value is -4.46. The van der Waals surface area contributed by atoms with Crippen molar-refractivity contribution in [2.45, 2.75) is 37.4 Å². The van der Waals surface area contributed by atoms with E-state index in [1.807, 2.05) is 0 Å². The Balaban J connectivity index is 0.000000279. The molecule has 0 aliphatic heterocycles. The maximum Gasteiger partial charge on any atom is 0.320 e. The predicted molar refractivity (Wildman–Crippen MR) is 133 cm³/mol. The highest BCUT2D eigenvalue weighted by Gasteiger charge is 2.13. The van der Waals surface area contributed by atoms with E-state index in [1.165, 1.54) is 30.6 Å². The van der Waals surface area contributed by atoms with Crippen LogP contribution in [0.4, 0.5) is 0 Å². The summed E-state index contributed by atoms with van der Waals surface area (Å²) in [5.74, 6) is -2.72. The zero-order valence-electron chi connectivity index (χ0n) is 19.8. The number of phenols is 2. The summed E-state index contributed by atoms with van der Waals surface area (Å²) < 4.78 is 0. The van der Waals surface area contributed by atoms with Gasteiger partial charge in [-0.25, -0.2) is 4.98 Å². The molecule has 37 heavy (non-hydrogen) atoms. The summed E-state index contributed by atoms with van der Waals surface area (Å²) >= 11 is 0. The molecule has 0 saturated carbocycles. The Labute approximate surface area is 212 Å². The number of nitrogens with two attached hydrogens (primary N) is 3. The van der Waals surface area contributed by atoms with Crippen molar-refractivity contribution in [2.24, 2.45) is 17.2 Å². The molecule has 200 valence electrons. The number of carboxylic acids is 3. The number of carbonyl (C=O) groups is 3. The van der Waals surface area contributed by atoms with Gasteiger partial charge in [-0.05, 0) is 48.2 Å². The lowest BCUT2D eigenvalue weighted by atomic mass is 10.1. The minimum atomic E-state index is -1.02. The highest BCUT2D eigenvalue weighted by atomic mass is 16.4. The number of carboxylic acid groups (broad SMARTS) is 3. The van der Waals surface area contributed by atoms with E-state index in [1.54, 1.807) is 30.5 Å². The predicted octanol–water partition coefficient (Wildman–Crippen LogP) is 0.0573. The van der Waals surface area contributed by atoms with Crippen molar-refractivity contribution in [1.82, 2.24) is 9.97 Å². The lowest BCUT2D eigenvalue weighted by molar-refractivity contribution is -0.139. The highest BCUT2D eigenvalue weighted by molar-refractivity contribution is 5.74. The molecule has 3 aromatic rings. The number of imidazole rings is 1. The van der Waals surface area contributed by atoms with Crippen molar-refractivity contribution in [3.05, 3.63) is 77.9 Å². The topological polar surface area (TPSA) is 259 Å². The minimum Gasteiger partial charge on any atom is -0.508 e. The fourth-order valence-electron chi connectivity index (χ4n) is 2.67. The van der Waals surface area contributed by atoms with Crippen LogP contribution < -0.4 is 17.2 Å². The van der Waals surface area contributed by atoms with Crippen LogP contribution in [0.15, 0.2) is 61.1 Å². The Morgan fingerprint density at radius 1 is 0.676 bits per heavy atom. The Morgan fingerprint density at radius 3 is 1.32 bits per heavy atom. The third kappa shape index (κ3) is 12.7. The van der Waals surface area contributed by atoms with Gasteiger partial charge in [-0.15, -0.1) is 0 Å². The van der Waals surface area contributed by atoms with Crippen LogP contribution in [-0.2, 0) is 33.6 Å². The summed E-state index contributed by atoms with van der Waals surface area (Å²) in [6.45, 7) is 0. The molecule has 3 unspecified atom stereocenters. The number of aromatic nitrogens is 2. The molecule has 12 N–H and O–H groups in total. The standard InChI is InChI=1S/2C9H11NO3.C6H9N3O2/c2*10-8(9(12)13)5-6-1-3-7(11)4-2-6;7-5(6(10)11)1-4-2-8-3-9-4/h2*1-4,8,11H,5,10H2,(H,12,13);2-3,5H,1,7H2,(H,8,9)(H,10,11). The van der Waals surface area contributed by atoms with Gasteiger partial charge in [0.15, 0.2) is 0 Å². The number of hydrogen-bond acceptors (Lipinski definition) is 9. The number of H-pyrrole nitrogens is 1. The number of aromatic hydroxyl groups is 2. The third-order valence-electron chi connectivity index (χ3n) is 4.73. The fourth-order valence-corrected chi connectivity index (χ4v) is 2.67. The van der Waals surface area contributed by atoms with E-state index in [9.17, 15) is 14.4 Å². The average molecular weight is 518 g/mol. The first kappa shape index (κ1) is 30.6. The molecule has 0 radical (unpaired) electrons. The van der Waals surface area contributed by atoms with Crippen LogP contribution in [0.3, 0.4) is 0 Å². The van der Waals surface area contributed by atoms with Gasteiger partial charge < -0.3 is 47.7 Å². The number of aromatic amines is 1. The summed E-state index contributed by atoms with van der Waals surface area (Å²) in [5.41, 5.74) is 18.2. The summed E-state index contributed by atoms with van der Waals surface area (Å²) in [6, 6.07) is 10.00. The number of rotatable bonds is 9. The van der Waals surface area contributed by atoms with Gasteiger partial charge in [0.25, 0.3) is 0 Å². The fraction of sp³-hybridized carbons (Fsp3) is 0.250. The zero-order valence-corrected chi connectivity index (χ0v) is 19.8. The number of hydrogen-bond donors (Lipinski definition) is 9. The summed E-state index contributed by atoms with van der Waals surface area (Å²) in [4.78, 5) is 37.6. The van der Waals surface area contributed by atoms with E-state index in [4.69, 9.17) is 42.7 Å². The smallest absolute Gasteiger partial charge is 0.320 e. The van der Waals surface area contributed by atoms with E-state index in [0.29, 0.717) is 0 Å². The van der Waals surface area contributed by atoms with E-state index >= 15 is 0 Å². The molecule has 0 amide bonds. The summed E-state index contributed by atoms with van der Waals surface area (Å²) in [6.07, 6.45) is 3.88. The highest BCUT2D eigenvalue weighted by Crippen LogP contribution is 2.11. The van der Waals surface area contributed by atoms with Crippen molar-refractivity contribution >= 4 is 17.9 Å². The first-order valence-corrected chi connectivity index (χ1v) is 10.9. The van der Waals surface area contributed by atoms with Crippen molar-refractivity contribution in [3.8, 4) is 11.5 Å². The van der Waals surface area contributed by atoms with Crippen LogP contribution >= 0.6 is 0 Å². The number of nitrogens with one attached hydrogen (secondary N) is 1. The van der Waals surface area contributed by atoms with Crippen molar-refractivity contribution in [3.63, 3.8) is 0 Å². The third-order valence-corrected chi connectivity index (χ3v) is 4.73. The van der Waals surface area contributed by atoms with Crippen molar-refractivity contribution in [1.29, 1.82) is 0 Å². The number of benzene rings is 2. The monoisotopic (exact) mass is 517 g/mol. The molecule has 3 atom stereocenters. The van der Waals surface area contributed by atoms with E-state index in [-0.39, 0.29) is 30.8 Å². The SMILES string of the molecule is NC(Cc1ccc(O)cc1)C(=O)O.NC(Cc1ccc(O)cc1)C(=O)O.NC(Cc1cnc[nH]1)C(=O)O. The molecule has 0 saturated heterocycles. The van der Waals surface area contributed by atoms with Crippen molar-refractivity contribution in [2.75, 3.05) is 0 Å². The second-order valence-corrected chi connectivity index (χ2v) is 7.86. The van der Waals surface area contributed by atoms with Gasteiger partial charge in [0.2, 0.25) is 0 Å². The first-order chi connectivity index (χ1) is 17.4. The van der Waals surface area contributed by atoms with Crippen LogP contribution in [0.2, 0.25) is 0 Å². The molecular formula is C24H31N5O8. The molecule has 0 fully saturated rings. The summed E-state index contributed by atoms with van der Waals surface area (Å²) in [7, 11) is 0. The van der Waals surface area contributed by atoms with Crippen LogP contribution in [0.25, 0.3) is 0 Å². The van der Waals surface area contributed by atoms with Gasteiger partial charge in [-0.3, -0.25) is 14.4 Å². The second kappa shape index (κ2) is 15.5. The van der Waals surface area contributed by atoms with Crippen molar-refractivity contribution < 1.29 is 39.9 Å². The molecule has 0 aliphatic rings. The molecule has 13 heteroatoms. The van der Waals surface area contributed by atoms with Crippen LogP contribution in [-0.4, -0.2) is 71.5 Å². The van der Waals surface area contributed by atoms with Gasteiger partial charge in [0.05, 0.1) is 6.33 Å². The van der Waals surface area contributed by atoms with Gasteiger partial charge in [0, 0.05) is 18.3 Å². The Morgan fingerprint density at radius 2 is 1.03 bits per heavy atom. The molecule has 2 aromatic carbocycles. The Kier molecular flexibility index (Phi) is 12.8. The zero-order chi connectivity index (χ0) is 28.0. The summed E-state index contributed by atoms with van der Waals surface area (Å²) in [5, 5.41) is 43.4. The first-order valence-electron chi connectivity index (χ1n) is 10.9. The van der Waals surface area contributed by atoms with E-state index < -0.39 is 36.0 Å². The lowest BCUT2D eigenvalue weighted by Gasteiger charge is -2.05. The molecule has 1 aromatic heterocycles. The molecule has 0 bridgehead atoms. The maximum absolute atomic E-state index is 10.4. The van der Waals surface area contributed by atoms with Gasteiger partial charge >= 0.3 is 17.9 Å². The second-order valence-electron chi connectivity index (χ2n) is 7.86. The molecule has 13 nitrogen and oxygen atoms in total. The largest absolute Gasteiger partial charge is 0.508 e. The van der Waals surface area contributed by atoms with Gasteiger partial charge in [-0.1, -0.05) is 24.3 Å². The molecule has 0 aliphatic carbocycles. The van der Waals surface area contributed by atoms with Crippen LogP contribution in [0, 0.1) is 0 Å². The van der Waals surface area contributed by atoms with Crippen LogP contribution in [0.5, 0.6) is 11.5 Å². The quantitative estimate of drug-likeness (QED) is 0.182. The number of phenolic OH excluding ortho intramolecular Hbond substituents is 2. The average Bonchev–Trinajstić information content (AvgIpc) is 3.35. The lowest BCUT2D eigenvalue weighted by Crippen LogP contribution is -2.32. The normalized spacial score (nSPS) is 12.5. The van der Waals surface area contributed by atoms with Gasteiger partial charge in [-0.2, -0.15) is 0 Å². The maximum atomic E-state index is 10.4. The molecule has 1 heterocycles. The molecule has 0 spiro atoms.